The Bertz CT molecular complexity index is 8.00. The van der Waals surface area contributed by atoms with E-state index in [0.29, 0.717) is 0 Å². The maximum absolute atomic E-state index is 0. The van der Waals surface area contributed by atoms with Gasteiger partial charge in [-0.25, -0.2) is 0 Å². The average molecular weight is 205 g/mol. The first-order valence-electron chi connectivity index (χ1n) is 0. The van der Waals surface area contributed by atoms with Crippen molar-refractivity contribution in [3.8, 4) is 0 Å². The van der Waals surface area contributed by atoms with E-state index in [1.807, 2.05) is 0 Å². The van der Waals surface area contributed by atoms with Crippen LogP contribution in [0.3, 0.4) is 0 Å². The predicted octanol–water partition coefficient (Wildman–Crippen LogP) is -1.95. The second-order valence-electron chi connectivity index (χ2n) is 0. The quantitative estimate of drug-likeness (QED) is 0.403. The fourth-order valence-corrected chi connectivity index (χ4v) is 0. The van der Waals surface area contributed by atoms with Crippen molar-refractivity contribution in [3.05, 3.63) is 0 Å². The van der Waals surface area contributed by atoms with E-state index in [9.17, 15) is 0 Å². The fraction of sp³-hybridized carbons (Fsp3) is 0. The molecule has 0 N–H and O–H groups in total. The van der Waals surface area contributed by atoms with Gasteiger partial charge >= 0.3 is 19.8 Å². The summed E-state index contributed by atoms with van der Waals surface area (Å²) >= 11 is 0. The van der Waals surface area contributed by atoms with E-state index >= 15 is 0 Å². The van der Waals surface area contributed by atoms with Gasteiger partial charge < -0.3 is 0 Å². The van der Waals surface area contributed by atoms with Crippen LogP contribution in [-0.2, 0) is 19.5 Å². The molecule has 0 aliphatic carbocycles. The molecular formula is H7AlClGaZn. The number of halogens is 1. The van der Waals surface area contributed by atoms with Crippen LogP contribution >= 0.6 is 12.4 Å². The van der Waals surface area contributed by atoms with Crippen LogP contribution in [0.4, 0.5) is 0 Å². The molecule has 0 rings (SSSR count). The molecule has 0 unspecified atom stereocenters. The minimum Gasteiger partial charge on any atom is 0 e. The molecule has 0 aromatic carbocycles. The summed E-state index contributed by atoms with van der Waals surface area (Å²) in [6.07, 6.45) is 0. The molecule has 0 heterocycles. The van der Waals surface area contributed by atoms with Crippen LogP contribution in [0.5, 0.6) is 0 Å². The summed E-state index contributed by atoms with van der Waals surface area (Å²) in [5.41, 5.74) is 0. The fourth-order valence-electron chi connectivity index (χ4n) is 0. The normalized spacial score (nSPS) is 0. The molecule has 0 aliphatic rings. The van der Waals surface area contributed by atoms with Gasteiger partial charge in [0.2, 0.25) is 0 Å². The maximum atomic E-state index is 0. The van der Waals surface area contributed by atoms with Crippen LogP contribution < -0.4 is 0 Å². The van der Waals surface area contributed by atoms with E-state index in [4.69, 9.17) is 0 Å². The molecule has 4 heavy (non-hydrogen) atoms. The van der Waals surface area contributed by atoms with Crippen molar-refractivity contribution in [1.29, 1.82) is 0 Å². The molecule has 22 valence electrons. The first kappa shape index (κ1) is 36.2. The van der Waals surface area contributed by atoms with Gasteiger partial charge in [0.05, 0.1) is 0 Å². The Balaban J connectivity index is 0. The van der Waals surface area contributed by atoms with Crippen molar-refractivity contribution in [2.75, 3.05) is 0 Å². The summed E-state index contributed by atoms with van der Waals surface area (Å²) in [5, 5.41) is 0. The topological polar surface area (TPSA) is 0 Å². The first-order chi connectivity index (χ1) is 0. The van der Waals surface area contributed by atoms with Crippen molar-refractivity contribution >= 4 is 49.6 Å². The molecule has 0 radical (unpaired) electrons. The van der Waals surface area contributed by atoms with Crippen LogP contribution in [0, 0.1) is 0 Å². The zero-order chi connectivity index (χ0) is 0. The zero-order valence-electron chi connectivity index (χ0n) is 1.12. The SMILES string of the molecule is Cl.[AlH3].[GaH3].[Zn]. The summed E-state index contributed by atoms with van der Waals surface area (Å²) in [7, 11) is 0. The maximum Gasteiger partial charge on any atom is 0 e. The Morgan fingerprint density at radius 3 is 1.00 bits per heavy atom. The molecule has 0 spiro atoms. The summed E-state index contributed by atoms with van der Waals surface area (Å²) in [4.78, 5) is 0. The third kappa shape index (κ3) is 8.94. The molecule has 4 heteroatoms. The molecule has 0 aromatic rings. The van der Waals surface area contributed by atoms with Gasteiger partial charge in [0, 0.05) is 19.5 Å². The molecule has 0 aromatic heterocycles. The van der Waals surface area contributed by atoms with Gasteiger partial charge in [0.1, 0.15) is 0 Å². The van der Waals surface area contributed by atoms with E-state index in [1.165, 1.54) is 0 Å². The predicted molar refractivity (Wildman–Crippen MR) is 27.1 cm³/mol. The van der Waals surface area contributed by atoms with Crippen LogP contribution in [0.25, 0.3) is 0 Å². The minimum atomic E-state index is 0. The molecular weight excluding hydrogens is 198 g/mol. The Kier molecular flexibility index (Phi) is 177. The third-order valence-corrected chi connectivity index (χ3v) is 0. The van der Waals surface area contributed by atoms with Crippen molar-refractivity contribution in [2.24, 2.45) is 0 Å². The molecule has 0 nitrogen and oxygen atoms in total. The Hall–Kier alpha value is 2.08. The molecule has 0 saturated heterocycles. The van der Waals surface area contributed by atoms with Gasteiger partial charge in [-0.3, -0.25) is 0 Å². The van der Waals surface area contributed by atoms with Crippen molar-refractivity contribution < 1.29 is 19.5 Å². The Morgan fingerprint density at radius 2 is 1.00 bits per heavy atom. The molecule has 0 bridgehead atoms. The number of hydrogen-bond acceptors (Lipinski definition) is 0. The monoisotopic (exact) mass is 202 g/mol. The second-order valence-corrected chi connectivity index (χ2v) is 0. The third-order valence-electron chi connectivity index (χ3n) is 0. The van der Waals surface area contributed by atoms with E-state index in [2.05, 4.69) is 0 Å². The summed E-state index contributed by atoms with van der Waals surface area (Å²) < 4.78 is 0. The molecule has 0 atom stereocenters. The summed E-state index contributed by atoms with van der Waals surface area (Å²) in [6, 6.07) is 0. The molecule has 0 saturated carbocycles. The van der Waals surface area contributed by atoms with Crippen LogP contribution in [0.2, 0.25) is 0 Å². The Labute approximate surface area is 68.5 Å². The largest absolute Gasteiger partial charge is 0 e. The van der Waals surface area contributed by atoms with Crippen LogP contribution in [0.15, 0.2) is 0 Å². The van der Waals surface area contributed by atoms with Gasteiger partial charge in [-0.15, -0.1) is 12.4 Å². The first-order valence-corrected chi connectivity index (χ1v) is 0. The van der Waals surface area contributed by atoms with Gasteiger partial charge in [-0.2, -0.15) is 0 Å². The molecule has 0 aliphatic heterocycles. The van der Waals surface area contributed by atoms with Gasteiger partial charge in [0.25, 0.3) is 0 Å². The van der Waals surface area contributed by atoms with Crippen LogP contribution in [-0.4, -0.2) is 37.2 Å². The average Bonchev–Trinajstić information content (AvgIpc) is 0. The van der Waals surface area contributed by atoms with Gasteiger partial charge in [-0.05, 0) is 0 Å². The summed E-state index contributed by atoms with van der Waals surface area (Å²) in [5.74, 6) is 0. The number of hydrogen-bond donors (Lipinski definition) is 0. The number of rotatable bonds is 0. The van der Waals surface area contributed by atoms with E-state index in [0.717, 1.165) is 0 Å². The van der Waals surface area contributed by atoms with Crippen molar-refractivity contribution in [1.82, 2.24) is 0 Å². The van der Waals surface area contributed by atoms with E-state index in [1.54, 1.807) is 0 Å². The summed E-state index contributed by atoms with van der Waals surface area (Å²) in [6.45, 7) is 0. The smallest absolute Gasteiger partial charge is 0 e. The zero-order valence-corrected chi connectivity index (χ0v) is 4.90. The van der Waals surface area contributed by atoms with Crippen LogP contribution in [0.1, 0.15) is 0 Å². The van der Waals surface area contributed by atoms with Gasteiger partial charge in [0.15, 0.2) is 17.4 Å². The van der Waals surface area contributed by atoms with E-state index in [-0.39, 0.29) is 69.0 Å². The molecule has 0 amide bonds. The van der Waals surface area contributed by atoms with E-state index < -0.39 is 0 Å². The second kappa shape index (κ2) is 19.5. The Morgan fingerprint density at radius 1 is 1.00 bits per heavy atom. The molecule has 0 fully saturated rings. The van der Waals surface area contributed by atoms with Gasteiger partial charge in [-0.1, -0.05) is 0 Å². The minimum absolute atomic E-state index is 0. The standard InChI is InChI=1S/Al.ClH.Ga.Zn.6H/h;1H;;;;;;;;. The van der Waals surface area contributed by atoms with Crippen molar-refractivity contribution in [3.63, 3.8) is 0 Å². The van der Waals surface area contributed by atoms with Crippen molar-refractivity contribution in [2.45, 2.75) is 0 Å².